The summed E-state index contributed by atoms with van der Waals surface area (Å²) in [5.74, 6) is 0. The number of likely N-dealkylation sites (N-methyl/N-ethyl adjacent to an activating group) is 1. The average Bonchev–Trinajstić information content (AvgIpc) is 2.27. The highest BCUT2D eigenvalue weighted by atomic mass is 16.3. The molecule has 2 unspecified atom stereocenters. The third-order valence-electron chi connectivity index (χ3n) is 3.84. The molecule has 1 aromatic carbocycles. The van der Waals surface area contributed by atoms with Gasteiger partial charge in [-0.05, 0) is 31.9 Å². The van der Waals surface area contributed by atoms with Crippen molar-refractivity contribution in [2.24, 2.45) is 5.41 Å². The number of hydrogen-bond donors (Lipinski definition) is 1. The summed E-state index contributed by atoms with van der Waals surface area (Å²) in [6.45, 7) is 11.6. The summed E-state index contributed by atoms with van der Waals surface area (Å²) >= 11 is 0. The zero-order valence-electron chi connectivity index (χ0n) is 12.6. The molecule has 0 aliphatic rings. The summed E-state index contributed by atoms with van der Waals surface area (Å²) in [5.41, 5.74) is 2.44. The molecule has 0 spiro atoms. The highest BCUT2D eigenvalue weighted by Crippen LogP contribution is 2.25. The summed E-state index contributed by atoms with van der Waals surface area (Å²) < 4.78 is 0. The molecule has 2 nitrogen and oxygen atoms in total. The Balaban J connectivity index is 2.64. The van der Waals surface area contributed by atoms with Crippen molar-refractivity contribution >= 4 is 0 Å². The molecule has 0 aliphatic carbocycles. The van der Waals surface area contributed by atoms with Gasteiger partial charge in [0.25, 0.3) is 0 Å². The molecule has 1 rings (SSSR count). The van der Waals surface area contributed by atoms with Crippen LogP contribution in [0, 0.1) is 12.3 Å². The Hall–Kier alpha value is -0.860. The second-order valence-corrected chi connectivity index (χ2v) is 6.41. The third-order valence-corrected chi connectivity index (χ3v) is 3.84. The summed E-state index contributed by atoms with van der Waals surface area (Å²) in [4.78, 5) is 2.23. The van der Waals surface area contributed by atoms with E-state index in [4.69, 9.17) is 0 Å². The van der Waals surface area contributed by atoms with Crippen LogP contribution in [-0.2, 0) is 0 Å². The molecule has 1 N–H and O–H groups in total. The molecule has 0 bridgehead atoms. The zero-order valence-corrected chi connectivity index (χ0v) is 12.6. The normalized spacial score (nSPS) is 15.8. The fraction of sp³-hybridized carbons (Fsp3) is 0.625. The van der Waals surface area contributed by atoms with Gasteiger partial charge in [0, 0.05) is 12.6 Å². The van der Waals surface area contributed by atoms with Gasteiger partial charge in [0.05, 0.1) is 6.10 Å². The molecule has 0 aromatic heterocycles. The summed E-state index contributed by atoms with van der Waals surface area (Å²) in [6.07, 6.45) is -0.416. The quantitative estimate of drug-likeness (QED) is 0.884. The van der Waals surface area contributed by atoms with Crippen LogP contribution >= 0.6 is 0 Å². The van der Waals surface area contributed by atoms with E-state index in [9.17, 15) is 5.11 Å². The van der Waals surface area contributed by atoms with Crippen LogP contribution in [-0.4, -0.2) is 29.6 Å². The second-order valence-electron chi connectivity index (χ2n) is 6.41. The molecular weight excluding hydrogens is 222 g/mol. The molecule has 0 saturated heterocycles. The number of hydrogen-bond acceptors (Lipinski definition) is 2. The summed E-state index contributed by atoms with van der Waals surface area (Å²) in [5, 5.41) is 10.3. The molecule has 1 aromatic rings. The van der Waals surface area contributed by atoms with Crippen LogP contribution in [0.1, 0.15) is 44.9 Å². The molecule has 0 saturated carbocycles. The minimum atomic E-state index is -0.416. The van der Waals surface area contributed by atoms with Gasteiger partial charge in [-0.1, -0.05) is 50.6 Å². The summed E-state index contributed by atoms with van der Waals surface area (Å²) in [7, 11) is 2.08. The molecule has 0 radical (unpaired) electrons. The van der Waals surface area contributed by atoms with Crippen molar-refractivity contribution in [3.05, 3.63) is 35.4 Å². The van der Waals surface area contributed by atoms with Crippen LogP contribution in [0.3, 0.4) is 0 Å². The second kappa shape index (κ2) is 5.85. The van der Waals surface area contributed by atoms with Crippen LogP contribution in [0.5, 0.6) is 0 Å². The first-order valence-electron chi connectivity index (χ1n) is 6.66. The van der Waals surface area contributed by atoms with Crippen molar-refractivity contribution in [1.82, 2.24) is 4.90 Å². The molecule has 2 atom stereocenters. The van der Waals surface area contributed by atoms with Crippen molar-refractivity contribution in [1.29, 1.82) is 0 Å². The van der Waals surface area contributed by atoms with Crippen molar-refractivity contribution in [3.8, 4) is 0 Å². The van der Waals surface area contributed by atoms with Crippen molar-refractivity contribution in [3.63, 3.8) is 0 Å². The largest absolute Gasteiger partial charge is 0.387 e. The highest BCUT2D eigenvalue weighted by molar-refractivity contribution is 5.23. The Morgan fingerprint density at radius 1 is 1.17 bits per heavy atom. The lowest BCUT2D eigenvalue weighted by molar-refractivity contribution is 0.0715. The SMILES string of the molecule is Cc1ccc(C(O)CN(C)C(C)C(C)(C)C)cc1. The highest BCUT2D eigenvalue weighted by Gasteiger charge is 2.25. The number of aliphatic hydroxyl groups excluding tert-OH is 1. The maximum atomic E-state index is 10.3. The Morgan fingerprint density at radius 3 is 2.11 bits per heavy atom. The van der Waals surface area contributed by atoms with Gasteiger partial charge in [0.15, 0.2) is 0 Å². The number of rotatable bonds is 4. The number of benzene rings is 1. The maximum absolute atomic E-state index is 10.3. The number of aliphatic hydroxyl groups is 1. The average molecular weight is 249 g/mol. The predicted molar refractivity (Wildman–Crippen MR) is 77.7 cm³/mol. The van der Waals surface area contributed by atoms with Crippen molar-refractivity contribution in [2.45, 2.75) is 46.8 Å². The van der Waals surface area contributed by atoms with E-state index in [-0.39, 0.29) is 5.41 Å². The number of nitrogens with zero attached hydrogens (tertiary/aromatic N) is 1. The van der Waals surface area contributed by atoms with Gasteiger partial charge >= 0.3 is 0 Å². The van der Waals surface area contributed by atoms with Crippen LogP contribution in [0.15, 0.2) is 24.3 Å². The lowest BCUT2D eigenvalue weighted by Crippen LogP contribution is -2.41. The summed E-state index contributed by atoms with van der Waals surface area (Å²) in [6, 6.07) is 8.54. The fourth-order valence-corrected chi connectivity index (χ4v) is 1.99. The molecule has 18 heavy (non-hydrogen) atoms. The third kappa shape index (κ3) is 4.11. The molecular formula is C16H27NO. The van der Waals surface area contributed by atoms with E-state index >= 15 is 0 Å². The van der Waals surface area contributed by atoms with E-state index in [1.165, 1.54) is 5.56 Å². The van der Waals surface area contributed by atoms with Gasteiger partial charge in [-0.15, -0.1) is 0 Å². The maximum Gasteiger partial charge on any atom is 0.0916 e. The Bertz CT molecular complexity index is 364. The lowest BCUT2D eigenvalue weighted by Gasteiger charge is -2.36. The molecule has 0 heterocycles. The van der Waals surface area contributed by atoms with Gasteiger partial charge in [0.2, 0.25) is 0 Å². The van der Waals surface area contributed by atoms with E-state index in [2.05, 4.69) is 46.6 Å². The van der Waals surface area contributed by atoms with Crippen molar-refractivity contribution in [2.75, 3.05) is 13.6 Å². The molecule has 0 fully saturated rings. The first-order valence-corrected chi connectivity index (χ1v) is 6.66. The molecule has 2 heteroatoms. The fourth-order valence-electron chi connectivity index (χ4n) is 1.99. The van der Waals surface area contributed by atoms with Crippen molar-refractivity contribution < 1.29 is 5.11 Å². The van der Waals surface area contributed by atoms with E-state index < -0.39 is 6.10 Å². The Kier molecular flexibility index (Phi) is 4.94. The smallest absolute Gasteiger partial charge is 0.0916 e. The van der Waals surface area contributed by atoms with Crippen LogP contribution in [0.2, 0.25) is 0 Å². The Morgan fingerprint density at radius 2 is 1.67 bits per heavy atom. The molecule has 102 valence electrons. The van der Waals surface area contributed by atoms with Gasteiger partial charge in [0.1, 0.15) is 0 Å². The van der Waals surface area contributed by atoms with Crippen LogP contribution < -0.4 is 0 Å². The minimum Gasteiger partial charge on any atom is -0.387 e. The Labute approximate surface area is 112 Å². The van der Waals surface area contributed by atoms with E-state index in [0.717, 1.165) is 5.56 Å². The van der Waals surface area contributed by atoms with Gasteiger partial charge in [-0.2, -0.15) is 0 Å². The lowest BCUT2D eigenvalue weighted by atomic mass is 9.87. The van der Waals surface area contributed by atoms with Crippen LogP contribution in [0.25, 0.3) is 0 Å². The minimum absolute atomic E-state index is 0.224. The first kappa shape index (κ1) is 15.2. The molecule has 0 aliphatic heterocycles. The first-order chi connectivity index (χ1) is 8.21. The van der Waals surface area contributed by atoms with E-state index in [1.54, 1.807) is 0 Å². The van der Waals surface area contributed by atoms with Gasteiger partial charge in [-0.25, -0.2) is 0 Å². The van der Waals surface area contributed by atoms with Gasteiger partial charge in [-0.3, -0.25) is 0 Å². The zero-order chi connectivity index (χ0) is 13.9. The van der Waals surface area contributed by atoms with E-state index in [1.807, 2.05) is 24.3 Å². The molecule has 0 amide bonds. The van der Waals surface area contributed by atoms with Gasteiger partial charge < -0.3 is 10.0 Å². The van der Waals surface area contributed by atoms with Crippen LogP contribution in [0.4, 0.5) is 0 Å². The monoisotopic (exact) mass is 249 g/mol. The predicted octanol–water partition coefficient (Wildman–Crippen LogP) is 3.39. The number of aryl methyl sites for hydroxylation is 1. The van der Waals surface area contributed by atoms with E-state index in [0.29, 0.717) is 12.6 Å². The standard InChI is InChI=1S/C16H27NO/c1-12-7-9-14(10-8-12)15(18)11-17(6)13(2)16(3,4)5/h7-10,13,15,18H,11H2,1-6H3. The topological polar surface area (TPSA) is 23.5 Å².